The van der Waals surface area contributed by atoms with Gasteiger partial charge in [-0.25, -0.2) is 0 Å². The summed E-state index contributed by atoms with van der Waals surface area (Å²) in [5.74, 6) is 0.684. The topological polar surface area (TPSA) is 17.1 Å². The fraction of sp³-hybridized carbons (Fsp3) is 0.500. The number of alkyl halides is 2. The summed E-state index contributed by atoms with van der Waals surface area (Å²) in [6.07, 6.45) is 3.27. The van der Waals surface area contributed by atoms with Gasteiger partial charge in [0, 0.05) is 17.9 Å². The van der Waals surface area contributed by atoms with Crippen molar-refractivity contribution in [3.05, 3.63) is 35.4 Å². The second kappa shape index (κ2) is 7.73. The Morgan fingerprint density at radius 2 is 1.94 bits per heavy atom. The maximum Gasteiger partial charge on any atom is 0.162 e. The van der Waals surface area contributed by atoms with Gasteiger partial charge in [0.15, 0.2) is 5.78 Å². The van der Waals surface area contributed by atoms with Crippen molar-refractivity contribution in [2.45, 2.75) is 38.0 Å². The molecule has 3 heteroatoms. The highest BCUT2D eigenvalue weighted by atomic mass is 35.5. The molecule has 0 aliphatic rings. The molecule has 1 atom stereocenters. The van der Waals surface area contributed by atoms with Crippen molar-refractivity contribution in [2.75, 3.05) is 5.88 Å². The fourth-order valence-corrected chi connectivity index (χ4v) is 2.17. The molecule has 1 aromatic carbocycles. The van der Waals surface area contributed by atoms with Crippen molar-refractivity contribution in [3.8, 4) is 0 Å². The lowest BCUT2D eigenvalue weighted by atomic mass is 10.0. The minimum Gasteiger partial charge on any atom is -0.294 e. The average molecular weight is 273 g/mol. The first kappa shape index (κ1) is 14.5. The van der Waals surface area contributed by atoms with E-state index in [1.54, 1.807) is 0 Å². The van der Waals surface area contributed by atoms with Gasteiger partial charge in [0.2, 0.25) is 0 Å². The van der Waals surface area contributed by atoms with Crippen molar-refractivity contribution in [3.63, 3.8) is 0 Å². The van der Waals surface area contributed by atoms with E-state index in [1.807, 2.05) is 24.3 Å². The fourth-order valence-electron chi connectivity index (χ4n) is 1.67. The molecule has 0 saturated heterocycles. The normalized spacial score (nSPS) is 12.4. The Kier molecular flexibility index (Phi) is 6.61. The summed E-state index contributed by atoms with van der Waals surface area (Å²) in [6.45, 7) is 2.11. The van der Waals surface area contributed by atoms with Crippen LogP contribution < -0.4 is 0 Å². The number of rotatable bonds is 7. The molecule has 0 heterocycles. The maximum atomic E-state index is 11.7. The van der Waals surface area contributed by atoms with E-state index < -0.39 is 0 Å². The third-order valence-corrected chi connectivity index (χ3v) is 3.41. The standard InChI is InChI=1S/C14H18Cl2O/c1-2-4-13(16)11-6-8-12(9-7-11)14(17)5-3-10-15/h6-9,13H,2-5,10H2,1H3. The summed E-state index contributed by atoms with van der Waals surface area (Å²) in [7, 11) is 0. The highest BCUT2D eigenvalue weighted by Gasteiger charge is 2.09. The van der Waals surface area contributed by atoms with Crippen LogP contribution >= 0.6 is 23.2 Å². The summed E-state index contributed by atoms with van der Waals surface area (Å²) in [4.78, 5) is 11.7. The Labute approximate surface area is 113 Å². The van der Waals surface area contributed by atoms with E-state index in [9.17, 15) is 4.79 Å². The zero-order chi connectivity index (χ0) is 12.7. The molecule has 0 fully saturated rings. The Balaban J connectivity index is 2.64. The Morgan fingerprint density at radius 1 is 1.29 bits per heavy atom. The van der Waals surface area contributed by atoms with Crippen molar-refractivity contribution in [2.24, 2.45) is 0 Å². The van der Waals surface area contributed by atoms with Crippen LogP contribution in [0.15, 0.2) is 24.3 Å². The SMILES string of the molecule is CCCC(Cl)c1ccc(C(=O)CCCCl)cc1. The van der Waals surface area contributed by atoms with Crippen molar-refractivity contribution >= 4 is 29.0 Å². The van der Waals surface area contributed by atoms with E-state index in [2.05, 4.69) is 6.92 Å². The van der Waals surface area contributed by atoms with Crippen LogP contribution in [-0.4, -0.2) is 11.7 Å². The summed E-state index contributed by atoms with van der Waals surface area (Å²) in [6, 6.07) is 7.61. The number of Topliss-reactive ketones (excluding diaryl/α,β-unsaturated/α-hetero) is 1. The Hall–Kier alpha value is -0.530. The van der Waals surface area contributed by atoms with Crippen molar-refractivity contribution < 1.29 is 4.79 Å². The molecule has 0 N–H and O–H groups in total. The van der Waals surface area contributed by atoms with Gasteiger partial charge in [-0.15, -0.1) is 23.2 Å². The molecule has 94 valence electrons. The van der Waals surface area contributed by atoms with E-state index in [-0.39, 0.29) is 11.2 Å². The molecule has 1 rings (SSSR count). The van der Waals surface area contributed by atoms with Crippen LogP contribution in [0.2, 0.25) is 0 Å². The predicted molar refractivity (Wildman–Crippen MR) is 74.2 cm³/mol. The predicted octanol–water partition coefficient (Wildman–Crippen LogP) is 4.97. The van der Waals surface area contributed by atoms with Gasteiger partial charge in [0.1, 0.15) is 0 Å². The average Bonchev–Trinajstić information content (AvgIpc) is 2.36. The second-order valence-corrected chi connectivity index (χ2v) is 5.00. The molecule has 1 nitrogen and oxygen atoms in total. The monoisotopic (exact) mass is 272 g/mol. The molecule has 0 amide bonds. The van der Waals surface area contributed by atoms with Crippen LogP contribution in [0.25, 0.3) is 0 Å². The number of halogens is 2. The summed E-state index contributed by atoms with van der Waals surface area (Å²) in [5.41, 5.74) is 1.83. The lowest BCUT2D eigenvalue weighted by Crippen LogP contribution is -2.00. The molecule has 0 aliphatic carbocycles. The molecule has 17 heavy (non-hydrogen) atoms. The molecule has 0 aliphatic heterocycles. The van der Waals surface area contributed by atoms with E-state index >= 15 is 0 Å². The zero-order valence-electron chi connectivity index (χ0n) is 10.1. The highest BCUT2D eigenvalue weighted by Crippen LogP contribution is 2.25. The number of ketones is 1. The van der Waals surface area contributed by atoms with E-state index in [4.69, 9.17) is 23.2 Å². The van der Waals surface area contributed by atoms with Crippen LogP contribution in [0.5, 0.6) is 0 Å². The highest BCUT2D eigenvalue weighted by molar-refractivity contribution is 6.20. The van der Waals surface area contributed by atoms with E-state index in [0.717, 1.165) is 30.4 Å². The van der Waals surface area contributed by atoms with Gasteiger partial charge in [-0.1, -0.05) is 37.6 Å². The van der Waals surface area contributed by atoms with Crippen LogP contribution in [-0.2, 0) is 0 Å². The van der Waals surface area contributed by atoms with Crippen LogP contribution in [0.3, 0.4) is 0 Å². The number of benzene rings is 1. The van der Waals surface area contributed by atoms with Crippen molar-refractivity contribution in [1.82, 2.24) is 0 Å². The molecule has 0 spiro atoms. The van der Waals surface area contributed by atoms with Gasteiger partial charge >= 0.3 is 0 Å². The van der Waals surface area contributed by atoms with Gasteiger partial charge in [-0.05, 0) is 18.4 Å². The molecular weight excluding hydrogens is 255 g/mol. The molecule has 0 aromatic heterocycles. The van der Waals surface area contributed by atoms with Crippen molar-refractivity contribution in [1.29, 1.82) is 0 Å². The number of hydrogen-bond donors (Lipinski definition) is 0. The zero-order valence-corrected chi connectivity index (χ0v) is 11.6. The number of carbonyl (C=O) groups is 1. The number of carbonyl (C=O) groups excluding carboxylic acids is 1. The molecular formula is C14H18Cl2O. The first-order valence-corrected chi connectivity index (χ1v) is 6.99. The van der Waals surface area contributed by atoms with Crippen LogP contribution in [0.1, 0.15) is 53.9 Å². The van der Waals surface area contributed by atoms with Gasteiger partial charge in [-0.2, -0.15) is 0 Å². The van der Waals surface area contributed by atoms with E-state index in [1.165, 1.54) is 0 Å². The number of hydrogen-bond acceptors (Lipinski definition) is 1. The summed E-state index contributed by atoms with van der Waals surface area (Å²) >= 11 is 11.8. The maximum absolute atomic E-state index is 11.7. The van der Waals surface area contributed by atoms with E-state index in [0.29, 0.717) is 12.3 Å². The summed E-state index contributed by atoms with van der Waals surface area (Å²) < 4.78 is 0. The van der Waals surface area contributed by atoms with Gasteiger partial charge < -0.3 is 0 Å². The third-order valence-electron chi connectivity index (χ3n) is 2.67. The molecule has 0 bridgehead atoms. The first-order valence-electron chi connectivity index (χ1n) is 6.02. The van der Waals surface area contributed by atoms with Gasteiger partial charge in [0.25, 0.3) is 0 Å². The van der Waals surface area contributed by atoms with Gasteiger partial charge in [-0.3, -0.25) is 4.79 Å². The minimum absolute atomic E-state index is 0.0481. The second-order valence-electron chi connectivity index (χ2n) is 4.09. The lowest BCUT2D eigenvalue weighted by molar-refractivity contribution is 0.0982. The third kappa shape index (κ3) is 4.69. The Morgan fingerprint density at radius 3 is 2.47 bits per heavy atom. The quantitative estimate of drug-likeness (QED) is 0.506. The largest absolute Gasteiger partial charge is 0.294 e. The molecule has 1 aromatic rings. The first-order chi connectivity index (χ1) is 8.19. The minimum atomic E-state index is 0.0481. The van der Waals surface area contributed by atoms with Gasteiger partial charge in [0.05, 0.1) is 5.38 Å². The van der Waals surface area contributed by atoms with Crippen LogP contribution in [0, 0.1) is 0 Å². The summed E-state index contributed by atoms with van der Waals surface area (Å²) in [5, 5.41) is 0.0481. The Bertz CT molecular complexity index is 346. The molecule has 0 saturated carbocycles. The molecule has 1 unspecified atom stereocenters. The molecule has 0 radical (unpaired) electrons. The lowest BCUT2D eigenvalue weighted by Gasteiger charge is -2.08. The smallest absolute Gasteiger partial charge is 0.162 e. The van der Waals surface area contributed by atoms with Crippen LogP contribution in [0.4, 0.5) is 0 Å².